The molecule has 0 bridgehead atoms. The van der Waals surface area contributed by atoms with Crippen molar-refractivity contribution < 1.29 is 4.74 Å². The van der Waals surface area contributed by atoms with E-state index in [0.717, 1.165) is 12.8 Å². The summed E-state index contributed by atoms with van der Waals surface area (Å²) in [5.41, 5.74) is 1.41. The molecule has 92 valence electrons. The van der Waals surface area contributed by atoms with Crippen molar-refractivity contribution in [2.45, 2.75) is 44.8 Å². The SMILES string of the molecule is C=C[C@H]1C[C@@H](c2ccccc2)[C@H](CC(C)C)O1. The van der Waals surface area contributed by atoms with Crippen LogP contribution in [0, 0.1) is 5.92 Å². The molecule has 0 aromatic heterocycles. The van der Waals surface area contributed by atoms with Crippen molar-refractivity contribution in [2.24, 2.45) is 5.92 Å². The van der Waals surface area contributed by atoms with E-state index >= 15 is 0 Å². The van der Waals surface area contributed by atoms with Crippen LogP contribution in [0.4, 0.5) is 0 Å². The molecular formula is C16H22O. The van der Waals surface area contributed by atoms with E-state index in [4.69, 9.17) is 4.74 Å². The summed E-state index contributed by atoms with van der Waals surface area (Å²) < 4.78 is 6.07. The van der Waals surface area contributed by atoms with Crippen molar-refractivity contribution in [2.75, 3.05) is 0 Å². The average Bonchev–Trinajstić information content (AvgIpc) is 2.72. The van der Waals surface area contributed by atoms with E-state index in [-0.39, 0.29) is 6.10 Å². The van der Waals surface area contributed by atoms with Crippen molar-refractivity contribution in [3.63, 3.8) is 0 Å². The third-order valence-electron chi connectivity index (χ3n) is 3.48. The van der Waals surface area contributed by atoms with Gasteiger partial charge in [-0.1, -0.05) is 50.3 Å². The minimum atomic E-state index is 0.226. The maximum Gasteiger partial charge on any atom is 0.0764 e. The summed E-state index contributed by atoms with van der Waals surface area (Å²) in [4.78, 5) is 0. The average molecular weight is 230 g/mol. The van der Waals surface area contributed by atoms with E-state index in [9.17, 15) is 0 Å². The summed E-state index contributed by atoms with van der Waals surface area (Å²) in [5, 5.41) is 0. The Kier molecular flexibility index (Phi) is 4.01. The first-order valence-corrected chi connectivity index (χ1v) is 6.53. The Balaban J connectivity index is 2.15. The van der Waals surface area contributed by atoms with Crippen LogP contribution in [-0.4, -0.2) is 12.2 Å². The van der Waals surface area contributed by atoms with Crippen LogP contribution >= 0.6 is 0 Å². The second-order valence-corrected chi connectivity index (χ2v) is 5.33. The maximum absolute atomic E-state index is 6.07. The summed E-state index contributed by atoms with van der Waals surface area (Å²) in [6.07, 6.45) is 4.72. The predicted octanol–water partition coefficient (Wildman–Crippen LogP) is 4.16. The molecule has 1 aromatic carbocycles. The number of benzene rings is 1. The van der Waals surface area contributed by atoms with E-state index < -0.39 is 0 Å². The van der Waals surface area contributed by atoms with Gasteiger partial charge in [0.15, 0.2) is 0 Å². The molecule has 1 heteroatoms. The van der Waals surface area contributed by atoms with Crippen LogP contribution in [0.1, 0.15) is 38.2 Å². The molecule has 3 atom stereocenters. The lowest BCUT2D eigenvalue weighted by Gasteiger charge is -2.20. The van der Waals surface area contributed by atoms with Gasteiger partial charge in [0, 0.05) is 5.92 Å². The topological polar surface area (TPSA) is 9.23 Å². The van der Waals surface area contributed by atoms with Crippen LogP contribution in [0.2, 0.25) is 0 Å². The largest absolute Gasteiger partial charge is 0.370 e. The molecule has 1 aliphatic rings. The third kappa shape index (κ3) is 2.98. The first-order chi connectivity index (χ1) is 8.20. The van der Waals surface area contributed by atoms with Gasteiger partial charge in [0.1, 0.15) is 0 Å². The molecule has 0 saturated carbocycles. The smallest absolute Gasteiger partial charge is 0.0764 e. The van der Waals surface area contributed by atoms with Gasteiger partial charge in [0.05, 0.1) is 12.2 Å². The summed E-state index contributed by atoms with van der Waals surface area (Å²) in [6, 6.07) is 10.7. The van der Waals surface area contributed by atoms with Crippen LogP contribution < -0.4 is 0 Å². The van der Waals surface area contributed by atoms with E-state index in [1.165, 1.54) is 5.56 Å². The van der Waals surface area contributed by atoms with Crippen molar-refractivity contribution >= 4 is 0 Å². The highest BCUT2D eigenvalue weighted by Gasteiger charge is 2.34. The zero-order chi connectivity index (χ0) is 12.3. The lowest BCUT2D eigenvalue weighted by molar-refractivity contribution is 0.0525. The Morgan fingerprint density at radius 3 is 2.65 bits per heavy atom. The lowest BCUT2D eigenvalue weighted by atomic mass is 9.87. The summed E-state index contributed by atoms with van der Waals surface area (Å²) in [5.74, 6) is 1.20. The van der Waals surface area contributed by atoms with Crippen LogP contribution in [-0.2, 0) is 4.74 Å². The van der Waals surface area contributed by atoms with Crippen LogP contribution in [0.3, 0.4) is 0 Å². The van der Waals surface area contributed by atoms with Crippen LogP contribution in [0.25, 0.3) is 0 Å². The maximum atomic E-state index is 6.07. The molecule has 1 nitrogen and oxygen atoms in total. The van der Waals surface area contributed by atoms with Crippen molar-refractivity contribution in [3.8, 4) is 0 Å². The Hall–Kier alpha value is -1.08. The quantitative estimate of drug-likeness (QED) is 0.706. The molecule has 0 unspecified atom stereocenters. The monoisotopic (exact) mass is 230 g/mol. The van der Waals surface area contributed by atoms with Crippen molar-refractivity contribution in [3.05, 3.63) is 48.6 Å². The first-order valence-electron chi connectivity index (χ1n) is 6.53. The lowest BCUT2D eigenvalue weighted by Crippen LogP contribution is -2.17. The van der Waals surface area contributed by atoms with Crippen LogP contribution in [0.5, 0.6) is 0 Å². The van der Waals surface area contributed by atoms with Crippen LogP contribution in [0.15, 0.2) is 43.0 Å². The molecule has 0 amide bonds. The molecule has 0 radical (unpaired) electrons. The van der Waals surface area contributed by atoms with Gasteiger partial charge in [0.25, 0.3) is 0 Å². The second kappa shape index (κ2) is 5.50. The fourth-order valence-electron chi connectivity index (χ4n) is 2.66. The number of ether oxygens (including phenoxy) is 1. The molecule has 17 heavy (non-hydrogen) atoms. The molecular weight excluding hydrogens is 208 g/mol. The van der Waals surface area contributed by atoms with Gasteiger partial charge >= 0.3 is 0 Å². The summed E-state index contributed by atoms with van der Waals surface area (Å²) in [7, 11) is 0. The minimum absolute atomic E-state index is 0.226. The Morgan fingerprint density at radius 1 is 1.35 bits per heavy atom. The standard InChI is InChI=1S/C16H22O/c1-4-14-11-15(13-8-6-5-7-9-13)16(17-14)10-12(2)3/h4-9,12,14-16H,1,10-11H2,2-3H3/t14-,15-,16-/m0/s1. The molecule has 0 N–H and O–H groups in total. The van der Waals surface area contributed by atoms with Gasteiger partial charge in [-0.3, -0.25) is 0 Å². The molecule has 1 aromatic rings. The summed E-state index contributed by atoms with van der Waals surface area (Å²) in [6.45, 7) is 8.37. The molecule has 0 aliphatic carbocycles. The molecule has 2 rings (SSSR count). The highest BCUT2D eigenvalue weighted by atomic mass is 16.5. The highest BCUT2D eigenvalue weighted by Crippen LogP contribution is 2.38. The van der Waals surface area contributed by atoms with E-state index in [2.05, 4.69) is 50.8 Å². The Labute approximate surface area is 104 Å². The van der Waals surface area contributed by atoms with Crippen molar-refractivity contribution in [1.29, 1.82) is 0 Å². The fourth-order valence-corrected chi connectivity index (χ4v) is 2.66. The predicted molar refractivity (Wildman–Crippen MR) is 72.1 cm³/mol. The second-order valence-electron chi connectivity index (χ2n) is 5.33. The normalized spacial score (nSPS) is 28.5. The number of hydrogen-bond donors (Lipinski definition) is 0. The van der Waals surface area contributed by atoms with Gasteiger partial charge in [-0.25, -0.2) is 0 Å². The van der Waals surface area contributed by atoms with Gasteiger partial charge in [0.2, 0.25) is 0 Å². The molecule has 0 spiro atoms. The number of rotatable bonds is 4. The van der Waals surface area contributed by atoms with Gasteiger partial charge in [-0.2, -0.15) is 0 Å². The first kappa shape index (κ1) is 12.4. The summed E-state index contributed by atoms with van der Waals surface area (Å²) >= 11 is 0. The number of hydrogen-bond acceptors (Lipinski definition) is 1. The molecule has 1 saturated heterocycles. The van der Waals surface area contributed by atoms with Gasteiger partial charge in [-0.15, -0.1) is 6.58 Å². The van der Waals surface area contributed by atoms with E-state index in [1.807, 2.05) is 6.08 Å². The highest BCUT2D eigenvalue weighted by molar-refractivity contribution is 5.22. The fraction of sp³-hybridized carbons (Fsp3) is 0.500. The molecule has 1 fully saturated rings. The zero-order valence-corrected chi connectivity index (χ0v) is 10.8. The van der Waals surface area contributed by atoms with Gasteiger partial charge < -0.3 is 4.74 Å². The zero-order valence-electron chi connectivity index (χ0n) is 10.8. The molecule has 1 aliphatic heterocycles. The van der Waals surface area contributed by atoms with Crippen molar-refractivity contribution in [1.82, 2.24) is 0 Å². The third-order valence-corrected chi connectivity index (χ3v) is 3.48. The molecule has 1 heterocycles. The van der Waals surface area contributed by atoms with E-state index in [1.54, 1.807) is 0 Å². The van der Waals surface area contributed by atoms with Gasteiger partial charge in [-0.05, 0) is 24.3 Å². The van der Waals surface area contributed by atoms with E-state index in [0.29, 0.717) is 17.9 Å². The minimum Gasteiger partial charge on any atom is -0.370 e. The Morgan fingerprint density at radius 2 is 2.06 bits per heavy atom. The Bertz CT molecular complexity index is 355.